The van der Waals surface area contributed by atoms with Crippen LogP contribution < -0.4 is 5.32 Å². The summed E-state index contributed by atoms with van der Waals surface area (Å²) >= 11 is 0. The number of imidazole rings is 1. The Morgan fingerprint density at radius 1 is 1.16 bits per heavy atom. The van der Waals surface area contributed by atoms with Crippen LogP contribution in [-0.2, 0) is 24.8 Å². The number of nitrogens with one attached hydrogen (secondary N) is 2. The number of hydrogen-bond acceptors (Lipinski definition) is 2. The third-order valence-corrected chi connectivity index (χ3v) is 4.49. The number of aryl methyl sites for hydroxylation is 2. The number of nitrogens with zero attached hydrogens (tertiary/aromatic N) is 2. The van der Waals surface area contributed by atoms with Gasteiger partial charge in [0, 0.05) is 30.6 Å². The largest absolute Gasteiger partial charge is 0.350 e. The Bertz CT molecular complexity index is 1010. The lowest BCUT2D eigenvalue weighted by molar-refractivity contribution is -0.121. The first kappa shape index (κ1) is 15.4. The average molecular weight is 332 g/mol. The highest BCUT2D eigenvalue weighted by Gasteiger charge is 2.09. The van der Waals surface area contributed by atoms with Gasteiger partial charge in [0.25, 0.3) is 0 Å². The number of carbonyl (C=O) groups excluding carboxylic acids is 1. The lowest BCUT2D eigenvalue weighted by atomic mass is 10.1. The smallest absolute Gasteiger partial charge is 0.220 e. The van der Waals surface area contributed by atoms with Gasteiger partial charge in [0.1, 0.15) is 5.82 Å². The first-order valence-corrected chi connectivity index (χ1v) is 8.44. The van der Waals surface area contributed by atoms with Crippen LogP contribution >= 0.6 is 0 Å². The van der Waals surface area contributed by atoms with Crippen LogP contribution in [0.15, 0.2) is 54.7 Å². The number of hydrogen-bond donors (Lipinski definition) is 2. The molecule has 5 heteroatoms. The molecular weight excluding hydrogens is 312 g/mol. The molecule has 0 atom stereocenters. The van der Waals surface area contributed by atoms with Crippen molar-refractivity contribution in [2.75, 3.05) is 0 Å². The van der Waals surface area contributed by atoms with E-state index in [1.165, 1.54) is 16.5 Å². The number of fused-ring (bicyclic) bond motifs is 2. The van der Waals surface area contributed by atoms with Gasteiger partial charge < -0.3 is 14.9 Å². The summed E-state index contributed by atoms with van der Waals surface area (Å²) in [5, 5.41) is 4.16. The topological polar surface area (TPSA) is 62.7 Å². The van der Waals surface area contributed by atoms with E-state index in [0.29, 0.717) is 13.0 Å². The molecule has 2 aromatic heterocycles. The van der Waals surface area contributed by atoms with E-state index in [9.17, 15) is 4.79 Å². The molecule has 25 heavy (non-hydrogen) atoms. The van der Waals surface area contributed by atoms with E-state index in [2.05, 4.69) is 38.2 Å². The standard InChI is InChI=1S/C20H20N4O/c1-24-13-14(15-6-2-5-9-18(15)24)10-11-20(25)21-12-19-22-16-7-3-4-8-17(16)23-19/h2-9,13H,10-12H2,1H3,(H,21,25)(H,22,23). The highest BCUT2D eigenvalue weighted by atomic mass is 16.1. The normalized spacial score (nSPS) is 11.2. The van der Waals surface area contributed by atoms with Gasteiger partial charge in [-0.2, -0.15) is 0 Å². The minimum atomic E-state index is 0.0355. The summed E-state index contributed by atoms with van der Waals surface area (Å²) in [6, 6.07) is 16.1. The van der Waals surface area contributed by atoms with Crippen LogP contribution in [0.2, 0.25) is 0 Å². The molecule has 0 unspecified atom stereocenters. The van der Waals surface area contributed by atoms with Gasteiger partial charge in [0.2, 0.25) is 5.91 Å². The van der Waals surface area contributed by atoms with Crippen molar-refractivity contribution in [1.29, 1.82) is 0 Å². The Morgan fingerprint density at radius 2 is 1.96 bits per heavy atom. The second-order valence-electron chi connectivity index (χ2n) is 6.26. The van der Waals surface area contributed by atoms with Crippen LogP contribution in [0.3, 0.4) is 0 Å². The Kier molecular flexibility index (Phi) is 3.98. The molecule has 1 amide bonds. The summed E-state index contributed by atoms with van der Waals surface area (Å²) < 4.78 is 2.11. The quantitative estimate of drug-likeness (QED) is 0.589. The van der Waals surface area contributed by atoms with Gasteiger partial charge >= 0.3 is 0 Å². The molecule has 0 saturated heterocycles. The Balaban J connectivity index is 1.37. The van der Waals surface area contributed by atoms with E-state index in [-0.39, 0.29) is 5.91 Å². The number of aromatic amines is 1. The molecule has 2 N–H and O–H groups in total. The Labute approximate surface area is 145 Å². The molecule has 0 radical (unpaired) electrons. The van der Waals surface area contributed by atoms with Crippen molar-refractivity contribution in [1.82, 2.24) is 19.9 Å². The summed E-state index contributed by atoms with van der Waals surface area (Å²) in [4.78, 5) is 19.9. The van der Waals surface area contributed by atoms with Crippen LogP contribution in [-0.4, -0.2) is 20.4 Å². The second kappa shape index (κ2) is 6.43. The van der Waals surface area contributed by atoms with Crippen LogP contribution in [0.25, 0.3) is 21.9 Å². The van der Waals surface area contributed by atoms with Gasteiger partial charge in [-0.05, 0) is 30.2 Å². The van der Waals surface area contributed by atoms with Gasteiger partial charge in [-0.15, -0.1) is 0 Å². The zero-order valence-corrected chi connectivity index (χ0v) is 14.1. The van der Waals surface area contributed by atoms with E-state index in [0.717, 1.165) is 23.3 Å². The fourth-order valence-corrected chi connectivity index (χ4v) is 3.23. The predicted octanol–water partition coefficient (Wildman–Crippen LogP) is 3.30. The first-order chi connectivity index (χ1) is 12.2. The molecule has 4 aromatic rings. The van der Waals surface area contributed by atoms with Crippen molar-refractivity contribution in [3.63, 3.8) is 0 Å². The average Bonchev–Trinajstić information content (AvgIpc) is 3.19. The van der Waals surface area contributed by atoms with Crippen molar-refractivity contribution >= 4 is 27.8 Å². The molecule has 2 heterocycles. The number of para-hydroxylation sites is 3. The summed E-state index contributed by atoms with van der Waals surface area (Å²) in [7, 11) is 2.04. The van der Waals surface area contributed by atoms with E-state index in [1.807, 2.05) is 43.4 Å². The number of H-pyrrole nitrogens is 1. The maximum Gasteiger partial charge on any atom is 0.220 e. The van der Waals surface area contributed by atoms with Crippen LogP contribution in [0.5, 0.6) is 0 Å². The van der Waals surface area contributed by atoms with Crippen LogP contribution in [0, 0.1) is 0 Å². The maximum atomic E-state index is 12.2. The third kappa shape index (κ3) is 3.13. The summed E-state index contributed by atoms with van der Waals surface area (Å²) in [6.07, 6.45) is 3.30. The number of amides is 1. The molecule has 2 aromatic carbocycles. The van der Waals surface area contributed by atoms with Crippen LogP contribution in [0.4, 0.5) is 0 Å². The van der Waals surface area contributed by atoms with Gasteiger partial charge in [0.05, 0.1) is 17.6 Å². The lowest BCUT2D eigenvalue weighted by Crippen LogP contribution is -2.23. The molecule has 0 aliphatic heterocycles. The molecule has 0 fully saturated rings. The number of benzene rings is 2. The van der Waals surface area contributed by atoms with Gasteiger partial charge in [-0.25, -0.2) is 4.98 Å². The van der Waals surface area contributed by atoms with Crippen molar-refractivity contribution in [2.45, 2.75) is 19.4 Å². The van der Waals surface area contributed by atoms with Crippen LogP contribution in [0.1, 0.15) is 17.8 Å². The summed E-state index contributed by atoms with van der Waals surface area (Å²) in [5.41, 5.74) is 4.31. The summed E-state index contributed by atoms with van der Waals surface area (Å²) in [6.45, 7) is 0.420. The SMILES string of the molecule is Cn1cc(CCC(=O)NCc2nc3ccccc3[nH]2)c2ccccc21. The molecule has 0 aliphatic carbocycles. The fraction of sp³-hybridized carbons (Fsp3) is 0.200. The second-order valence-corrected chi connectivity index (χ2v) is 6.26. The van der Waals surface area contributed by atoms with Crippen molar-refractivity contribution in [2.24, 2.45) is 7.05 Å². The molecule has 0 saturated carbocycles. The van der Waals surface area contributed by atoms with Gasteiger partial charge in [0.15, 0.2) is 0 Å². The van der Waals surface area contributed by atoms with E-state index in [1.54, 1.807) is 0 Å². The molecule has 126 valence electrons. The number of rotatable bonds is 5. The van der Waals surface area contributed by atoms with Gasteiger partial charge in [-0.1, -0.05) is 30.3 Å². The highest BCUT2D eigenvalue weighted by Crippen LogP contribution is 2.21. The van der Waals surface area contributed by atoms with Crippen molar-refractivity contribution in [3.8, 4) is 0 Å². The first-order valence-electron chi connectivity index (χ1n) is 8.44. The number of aromatic nitrogens is 3. The van der Waals surface area contributed by atoms with E-state index in [4.69, 9.17) is 0 Å². The third-order valence-electron chi connectivity index (χ3n) is 4.49. The van der Waals surface area contributed by atoms with Gasteiger partial charge in [-0.3, -0.25) is 4.79 Å². The molecular formula is C20H20N4O. The minimum Gasteiger partial charge on any atom is -0.350 e. The lowest BCUT2D eigenvalue weighted by Gasteiger charge is -2.03. The summed E-state index contributed by atoms with van der Waals surface area (Å²) in [5.74, 6) is 0.813. The number of carbonyl (C=O) groups is 1. The predicted molar refractivity (Wildman–Crippen MR) is 99.2 cm³/mol. The highest BCUT2D eigenvalue weighted by molar-refractivity contribution is 5.85. The minimum absolute atomic E-state index is 0.0355. The monoisotopic (exact) mass is 332 g/mol. The Morgan fingerprint density at radius 3 is 2.84 bits per heavy atom. The zero-order valence-electron chi connectivity index (χ0n) is 14.1. The Hall–Kier alpha value is -3.08. The molecule has 5 nitrogen and oxygen atoms in total. The fourth-order valence-electron chi connectivity index (χ4n) is 3.23. The molecule has 0 aliphatic rings. The van der Waals surface area contributed by atoms with Crippen molar-refractivity contribution < 1.29 is 4.79 Å². The molecule has 0 bridgehead atoms. The molecule has 0 spiro atoms. The molecule has 4 rings (SSSR count). The zero-order chi connectivity index (χ0) is 17.2. The van der Waals surface area contributed by atoms with E-state index < -0.39 is 0 Å². The van der Waals surface area contributed by atoms with E-state index >= 15 is 0 Å². The maximum absolute atomic E-state index is 12.2. The van der Waals surface area contributed by atoms with Crippen molar-refractivity contribution in [3.05, 3.63) is 66.1 Å².